The minimum atomic E-state index is 0. The zero-order valence-electron chi connectivity index (χ0n) is 16.4. The molecule has 3 heterocycles. The Hall–Kier alpha value is -0.820. The number of halogens is 2. The topological polar surface area (TPSA) is 53.4 Å². The Morgan fingerprint density at radius 2 is 1.96 bits per heavy atom. The average Bonchev–Trinajstić information content (AvgIpc) is 2.94. The van der Waals surface area contributed by atoms with Gasteiger partial charge in [-0.2, -0.15) is 5.10 Å². The van der Waals surface area contributed by atoms with Gasteiger partial charge in [0.15, 0.2) is 0 Å². The van der Waals surface area contributed by atoms with E-state index in [1.54, 1.807) is 4.68 Å². The number of nitrogens with one attached hydrogen (secondary N) is 1. The summed E-state index contributed by atoms with van der Waals surface area (Å²) in [5, 5.41) is 8.06. The number of rotatable bonds is 6. The Labute approximate surface area is 175 Å². The third kappa shape index (κ3) is 7.60. The molecule has 0 radical (unpaired) electrons. The monoisotopic (exact) mass is 419 g/mol. The average molecular weight is 420 g/mol. The minimum Gasteiger partial charge on any atom is -0.343 e. The molecule has 1 N–H and O–H groups in total. The van der Waals surface area contributed by atoms with E-state index in [4.69, 9.17) is 0 Å². The lowest BCUT2D eigenvalue weighted by Crippen LogP contribution is -2.38. The van der Waals surface area contributed by atoms with Gasteiger partial charge in [-0.05, 0) is 51.4 Å². The first kappa shape index (κ1) is 24.2. The van der Waals surface area contributed by atoms with Crippen molar-refractivity contribution in [2.75, 3.05) is 46.3 Å². The molecule has 1 amide bonds. The summed E-state index contributed by atoms with van der Waals surface area (Å²) in [5.41, 5.74) is 1.12. The largest absolute Gasteiger partial charge is 0.343 e. The lowest BCUT2D eigenvalue weighted by atomic mass is 9.97. The summed E-state index contributed by atoms with van der Waals surface area (Å²) in [4.78, 5) is 16.8. The Kier molecular flexibility index (Phi) is 11.3. The number of carbonyl (C=O) groups is 1. The van der Waals surface area contributed by atoms with Crippen LogP contribution in [0.5, 0.6) is 0 Å². The first-order valence-corrected chi connectivity index (χ1v) is 9.93. The van der Waals surface area contributed by atoms with E-state index in [9.17, 15) is 4.79 Å². The van der Waals surface area contributed by atoms with Gasteiger partial charge in [-0.15, -0.1) is 24.8 Å². The molecule has 1 atom stereocenters. The van der Waals surface area contributed by atoms with Crippen molar-refractivity contribution in [3.8, 4) is 0 Å². The number of likely N-dealkylation sites (N-methyl/N-ethyl adjacent to an activating group) is 1. The summed E-state index contributed by atoms with van der Waals surface area (Å²) in [5.74, 6) is 0.636. The maximum atomic E-state index is 12.5. The van der Waals surface area contributed by atoms with Crippen molar-refractivity contribution in [2.45, 2.75) is 51.0 Å². The van der Waals surface area contributed by atoms with Crippen molar-refractivity contribution in [3.63, 3.8) is 0 Å². The Morgan fingerprint density at radius 3 is 2.63 bits per heavy atom. The number of carbonyl (C=O) groups excluding carboxylic acids is 1. The van der Waals surface area contributed by atoms with E-state index in [0.717, 1.165) is 31.9 Å². The lowest BCUT2D eigenvalue weighted by molar-refractivity contribution is -0.130. The van der Waals surface area contributed by atoms with Gasteiger partial charge in [0.2, 0.25) is 5.91 Å². The summed E-state index contributed by atoms with van der Waals surface area (Å²) in [6.07, 6.45) is 9.63. The van der Waals surface area contributed by atoms with Crippen LogP contribution in [-0.4, -0.2) is 71.8 Å². The molecular weight excluding hydrogens is 385 g/mol. The van der Waals surface area contributed by atoms with E-state index in [-0.39, 0.29) is 30.7 Å². The van der Waals surface area contributed by atoms with Crippen molar-refractivity contribution in [1.29, 1.82) is 0 Å². The molecule has 2 aliphatic rings. The fourth-order valence-electron chi connectivity index (χ4n) is 3.82. The molecule has 0 saturated carbocycles. The maximum absolute atomic E-state index is 12.5. The van der Waals surface area contributed by atoms with Crippen LogP contribution in [-0.2, 0) is 11.3 Å². The van der Waals surface area contributed by atoms with E-state index in [1.807, 2.05) is 18.1 Å². The van der Waals surface area contributed by atoms with E-state index in [0.29, 0.717) is 12.5 Å². The highest BCUT2D eigenvalue weighted by atomic mass is 35.5. The second-order valence-corrected chi connectivity index (χ2v) is 7.55. The molecule has 2 saturated heterocycles. The summed E-state index contributed by atoms with van der Waals surface area (Å²) in [6.45, 7) is 6.61. The van der Waals surface area contributed by atoms with Gasteiger partial charge in [-0.25, -0.2) is 0 Å². The number of likely N-dealkylation sites (tertiary alicyclic amines) is 1. The second kappa shape index (κ2) is 12.6. The number of amides is 1. The molecule has 1 unspecified atom stereocenters. The Balaban J connectivity index is 0.00000182. The van der Waals surface area contributed by atoms with Gasteiger partial charge < -0.3 is 15.1 Å². The van der Waals surface area contributed by atoms with E-state index >= 15 is 0 Å². The number of aromatic nitrogens is 2. The Morgan fingerprint density at radius 1 is 1.22 bits per heavy atom. The molecule has 3 rings (SSSR count). The van der Waals surface area contributed by atoms with Crippen LogP contribution in [0.4, 0.5) is 0 Å². The summed E-state index contributed by atoms with van der Waals surface area (Å²) >= 11 is 0. The second-order valence-electron chi connectivity index (χ2n) is 7.55. The van der Waals surface area contributed by atoms with Crippen molar-refractivity contribution in [3.05, 3.63) is 18.0 Å². The van der Waals surface area contributed by atoms with Gasteiger partial charge in [0.05, 0.1) is 5.69 Å². The summed E-state index contributed by atoms with van der Waals surface area (Å²) < 4.78 is 1.80. The van der Waals surface area contributed by atoms with Crippen molar-refractivity contribution >= 4 is 30.7 Å². The molecule has 2 aliphatic heterocycles. The molecule has 1 aromatic rings. The lowest BCUT2D eigenvalue weighted by Gasteiger charge is -2.24. The van der Waals surface area contributed by atoms with E-state index in [2.05, 4.69) is 21.4 Å². The molecule has 27 heavy (non-hydrogen) atoms. The highest BCUT2D eigenvalue weighted by Gasteiger charge is 2.18. The summed E-state index contributed by atoms with van der Waals surface area (Å²) in [7, 11) is 1.91. The van der Waals surface area contributed by atoms with Gasteiger partial charge >= 0.3 is 0 Å². The molecule has 2 fully saturated rings. The molecule has 1 aromatic heterocycles. The van der Waals surface area contributed by atoms with Crippen molar-refractivity contribution in [1.82, 2.24) is 24.9 Å². The third-order valence-corrected chi connectivity index (χ3v) is 5.55. The highest BCUT2D eigenvalue weighted by molar-refractivity contribution is 5.85. The predicted molar refractivity (Wildman–Crippen MR) is 114 cm³/mol. The van der Waals surface area contributed by atoms with Gasteiger partial charge in [-0.3, -0.25) is 9.48 Å². The van der Waals surface area contributed by atoms with Gasteiger partial charge in [-0.1, -0.05) is 12.8 Å². The van der Waals surface area contributed by atoms with Gasteiger partial charge in [0.1, 0.15) is 6.54 Å². The summed E-state index contributed by atoms with van der Waals surface area (Å²) in [6, 6.07) is 2.07. The van der Waals surface area contributed by atoms with Crippen LogP contribution in [0.1, 0.15) is 50.1 Å². The van der Waals surface area contributed by atoms with Crippen LogP contribution >= 0.6 is 24.8 Å². The number of hydrogen-bond acceptors (Lipinski definition) is 4. The van der Waals surface area contributed by atoms with Gasteiger partial charge in [0.25, 0.3) is 0 Å². The SMILES string of the molecule is CN(CCN1CCCCCC1)C(=O)Cn1ccc(C2CCCNC2)n1.Cl.Cl. The molecule has 0 aliphatic carbocycles. The Bertz CT molecular complexity index is 540. The van der Waals surface area contributed by atoms with Crippen LogP contribution in [0.25, 0.3) is 0 Å². The molecule has 156 valence electrons. The molecule has 0 aromatic carbocycles. The number of hydrogen-bond donors (Lipinski definition) is 1. The van der Waals surface area contributed by atoms with Crippen LogP contribution in [0.15, 0.2) is 12.3 Å². The van der Waals surface area contributed by atoms with Crippen molar-refractivity contribution < 1.29 is 4.79 Å². The van der Waals surface area contributed by atoms with E-state index in [1.165, 1.54) is 51.6 Å². The molecule has 8 heteroatoms. The molecule has 0 spiro atoms. The molecular formula is C19H35Cl2N5O. The molecule has 0 bridgehead atoms. The van der Waals surface area contributed by atoms with Gasteiger partial charge in [0, 0.05) is 38.8 Å². The zero-order chi connectivity index (χ0) is 17.5. The fourth-order valence-corrected chi connectivity index (χ4v) is 3.82. The predicted octanol–water partition coefficient (Wildman–Crippen LogP) is 2.53. The van der Waals surface area contributed by atoms with Crippen LogP contribution in [0, 0.1) is 0 Å². The van der Waals surface area contributed by atoms with Crippen LogP contribution in [0.3, 0.4) is 0 Å². The van der Waals surface area contributed by atoms with E-state index < -0.39 is 0 Å². The molecule has 6 nitrogen and oxygen atoms in total. The minimum absolute atomic E-state index is 0. The standard InChI is InChI=1S/C19H33N5O.2ClH/c1-22(13-14-23-10-4-2-3-5-11-23)19(25)16-24-12-8-18(21-24)17-7-6-9-20-15-17;;/h8,12,17,20H,2-7,9-11,13-16H2,1H3;2*1H. The first-order chi connectivity index (χ1) is 12.2. The van der Waals surface area contributed by atoms with Crippen molar-refractivity contribution in [2.24, 2.45) is 0 Å². The number of nitrogens with zero attached hydrogens (tertiary/aromatic N) is 4. The van der Waals surface area contributed by atoms with Crippen LogP contribution < -0.4 is 5.32 Å². The third-order valence-electron chi connectivity index (χ3n) is 5.55. The zero-order valence-corrected chi connectivity index (χ0v) is 18.1. The van der Waals surface area contributed by atoms with Crippen LogP contribution in [0.2, 0.25) is 0 Å². The normalized spacial score (nSPS) is 20.9. The quantitative estimate of drug-likeness (QED) is 0.769. The first-order valence-electron chi connectivity index (χ1n) is 9.93. The highest BCUT2D eigenvalue weighted by Crippen LogP contribution is 2.21. The smallest absolute Gasteiger partial charge is 0.244 e. The maximum Gasteiger partial charge on any atom is 0.244 e. The number of piperidine rings is 1. The fraction of sp³-hybridized carbons (Fsp3) is 0.789.